The van der Waals surface area contributed by atoms with Crippen LogP contribution in [0, 0.1) is 0 Å². The number of nitrogens with one attached hydrogen (secondary N) is 3. The van der Waals surface area contributed by atoms with Crippen LogP contribution in [0.3, 0.4) is 0 Å². The first-order valence-electron chi connectivity index (χ1n) is 12.9. The van der Waals surface area contributed by atoms with Crippen LogP contribution < -0.4 is 30.3 Å². The van der Waals surface area contributed by atoms with Gasteiger partial charge in [0.1, 0.15) is 12.4 Å². The van der Waals surface area contributed by atoms with Crippen LogP contribution in [0.1, 0.15) is 37.9 Å². The molecule has 2 amide bonds. The van der Waals surface area contributed by atoms with Gasteiger partial charge in [0, 0.05) is 5.70 Å². The summed E-state index contributed by atoms with van der Waals surface area (Å²) in [7, 11) is 1.27. The topological polar surface area (TPSA) is 166 Å². The molecule has 3 rings (SSSR count). The Balaban J connectivity index is 1.59. The van der Waals surface area contributed by atoms with Crippen molar-refractivity contribution in [3.05, 3.63) is 64.9 Å². The highest BCUT2D eigenvalue weighted by atomic mass is 16.6. The highest BCUT2D eigenvalue weighted by Crippen LogP contribution is 2.34. The number of hydrogen-bond donors (Lipinski definition) is 4. The molecule has 0 aromatic heterocycles. The van der Waals surface area contributed by atoms with Crippen LogP contribution in [0.25, 0.3) is 0 Å². The second-order valence-electron chi connectivity index (χ2n) is 8.58. The van der Waals surface area contributed by atoms with Gasteiger partial charge in [0.15, 0.2) is 24.3 Å². The van der Waals surface area contributed by atoms with Gasteiger partial charge in [0.25, 0.3) is 0 Å². The van der Waals surface area contributed by atoms with Crippen molar-refractivity contribution in [2.45, 2.75) is 33.0 Å². The molecule has 2 aromatic carbocycles. The van der Waals surface area contributed by atoms with Crippen LogP contribution in [0.2, 0.25) is 0 Å². The van der Waals surface area contributed by atoms with E-state index in [1.165, 1.54) is 13.3 Å². The minimum atomic E-state index is -1.15. The van der Waals surface area contributed by atoms with Gasteiger partial charge in [-0.15, -0.1) is 0 Å². The number of urea groups is 1. The van der Waals surface area contributed by atoms with Crippen molar-refractivity contribution in [1.82, 2.24) is 16.1 Å². The third kappa shape index (κ3) is 8.86. The van der Waals surface area contributed by atoms with Gasteiger partial charge in [-0.1, -0.05) is 6.07 Å². The normalized spacial score (nSPS) is 15.4. The zero-order chi connectivity index (χ0) is 29.8. The van der Waals surface area contributed by atoms with Crippen LogP contribution >= 0.6 is 0 Å². The van der Waals surface area contributed by atoms with E-state index in [0.29, 0.717) is 35.1 Å². The van der Waals surface area contributed by atoms with E-state index in [9.17, 15) is 19.5 Å². The summed E-state index contributed by atoms with van der Waals surface area (Å²) in [6, 6.07) is 10.6. The van der Waals surface area contributed by atoms with Crippen molar-refractivity contribution in [2.75, 3.05) is 33.5 Å². The maximum absolute atomic E-state index is 12.4. The number of benzene rings is 2. The van der Waals surface area contributed by atoms with E-state index in [2.05, 4.69) is 21.2 Å². The number of aliphatic hydroxyl groups excluding tert-OH is 1. The van der Waals surface area contributed by atoms with Crippen molar-refractivity contribution >= 4 is 24.2 Å². The molecule has 0 spiro atoms. The smallest absolute Gasteiger partial charge is 0.344 e. The molecule has 0 unspecified atom stereocenters. The second-order valence-corrected chi connectivity index (χ2v) is 8.58. The van der Waals surface area contributed by atoms with Gasteiger partial charge in [-0.05, 0) is 68.3 Å². The zero-order valence-electron chi connectivity index (χ0n) is 23.3. The number of carbonyl (C=O) groups is 3. The van der Waals surface area contributed by atoms with Crippen LogP contribution in [-0.2, 0) is 19.1 Å². The molecule has 0 radical (unpaired) electrons. The predicted octanol–water partition coefficient (Wildman–Crippen LogP) is 2.15. The Bertz CT molecular complexity index is 1280. The van der Waals surface area contributed by atoms with Gasteiger partial charge >= 0.3 is 18.0 Å². The SMILES string of the molecule is CCOC(=O)COc1ccc(/C=N\N[C@@H](O)COc2ccc([C@H]3NC(=O)NC(C)=C3C(=O)OC)cc2OCC)cc1. The lowest BCUT2D eigenvalue weighted by molar-refractivity contribution is -0.145. The highest BCUT2D eigenvalue weighted by molar-refractivity contribution is 5.95. The van der Waals surface area contributed by atoms with Crippen LogP contribution in [0.5, 0.6) is 17.2 Å². The first-order valence-corrected chi connectivity index (χ1v) is 12.9. The lowest BCUT2D eigenvalue weighted by Gasteiger charge is -2.28. The lowest BCUT2D eigenvalue weighted by Crippen LogP contribution is -2.45. The first kappa shape index (κ1) is 30.8. The highest BCUT2D eigenvalue weighted by Gasteiger charge is 2.32. The molecule has 4 N–H and O–H groups in total. The van der Waals surface area contributed by atoms with Gasteiger partial charge in [-0.3, -0.25) is 5.43 Å². The Morgan fingerprint density at radius 1 is 1.07 bits per heavy atom. The lowest BCUT2D eigenvalue weighted by atomic mass is 9.95. The van der Waals surface area contributed by atoms with Crippen LogP contribution in [0.4, 0.5) is 4.79 Å². The molecular weight excluding hydrogens is 536 g/mol. The molecular formula is C28H34N4O9. The average Bonchev–Trinajstić information content (AvgIpc) is 2.95. The summed E-state index contributed by atoms with van der Waals surface area (Å²) in [6.45, 7) is 5.42. The van der Waals surface area contributed by atoms with E-state index in [1.807, 2.05) is 0 Å². The molecule has 0 saturated heterocycles. The summed E-state index contributed by atoms with van der Waals surface area (Å²) >= 11 is 0. The van der Waals surface area contributed by atoms with Gasteiger partial charge < -0.3 is 39.4 Å². The molecule has 1 aliphatic heterocycles. The predicted molar refractivity (Wildman–Crippen MR) is 148 cm³/mol. The number of hydrogen-bond acceptors (Lipinski definition) is 11. The zero-order valence-corrected chi connectivity index (χ0v) is 23.3. The molecule has 220 valence electrons. The van der Waals surface area contributed by atoms with Gasteiger partial charge in [0.05, 0.1) is 38.2 Å². The van der Waals surface area contributed by atoms with Crippen molar-refractivity contribution in [3.63, 3.8) is 0 Å². The molecule has 0 bridgehead atoms. The van der Waals surface area contributed by atoms with Crippen molar-refractivity contribution < 1.29 is 43.2 Å². The minimum Gasteiger partial charge on any atom is -0.490 e. The Kier molecular flexibility index (Phi) is 11.3. The van der Waals surface area contributed by atoms with E-state index >= 15 is 0 Å². The number of methoxy groups -OCH3 is 1. The molecule has 0 aliphatic carbocycles. The van der Waals surface area contributed by atoms with Gasteiger partial charge in [-0.25, -0.2) is 14.4 Å². The molecule has 2 atom stereocenters. The van der Waals surface area contributed by atoms with Crippen LogP contribution in [0.15, 0.2) is 58.8 Å². The third-order valence-electron chi connectivity index (χ3n) is 5.65. The number of hydrazone groups is 1. The van der Waals surface area contributed by atoms with E-state index < -0.39 is 30.2 Å². The minimum absolute atomic E-state index is 0.159. The summed E-state index contributed by atoms with van der Waals surface area (Å²) in [4.78, 5) is 35.9. The Labute approximate surface area is 237 Å². The maximum atomic E-state index is 12.4. The fraction of sp³-hybridized carbons (Fsp3) is 0.357. The van der Waals surface area contributed by atoms with Crippen LogP contribution in [-0.4, -0.2) is 69.1 Å². The fourth-order valence-electron chi connectivity index (χ4n) is 3.82. The van der Waals surface area contributed by atoms with Crippen molar-refractivity contribution in [3.8, 4) is 17.2 Å². The summed E-state index contributed by atoms with van der Waals surface area (Å²) in [5.41, 5.74) is 4.53. The molecule has 13 nitrogen and oxygen atoms in total. The quantitative estimate of drug-likeness (QED) is 0.114. The van der Waals surface area contributed by atoms with E-state index in [-0.39, 0.29) is 25.4 Å². The van der Waals surface area contributed by atoms with E-state index in [4.69, 9.17) is 23.7 Å². The number of rotatable bonds is 14. The molecule has 13 heteroatoms. The van der Waals surface area contributed by atoms with Crippen molar-refractivity contribution in [1.29, 1.82) is 0 Å². The number of allylic oxidation sites excluding steroid dienone is 1. The van der Waals surface area contributed by atoms with Gasteiger partial charge in [-0.2, -0.15) is 5.10 Å². The summed E-state index contributed by atoms with van der Waals surface area (Å²) in [6.07, 6.45) is 0.355. The molecule has 0 fully saturated rings. The molecule has 1 heterocycles. The Morgan fingerprint density at radius 3 is 2.51 bits per heavy atom. The number of esters is 2. The average molecular weight is 571 g/mol. The number of nitrogens with zero attached hydrogens (tertiary/aromatic N) is 1. The fourth-order valence-corrected chi connectivity index (χ4v) is 3.82. The first-order chi connectivity index (χ1) is 19.7. The third-order valence-corrected chi connectivity index (χ3v) is 5.65. The summed E-state index contributed by atoms with van der Waals surface area (Å²) < 4.78 is 26.5. The Hall–Kier alpha value is -4.78. The monoisotopic (exact) mass is 570 g/mol. The number of ether oxygens (including phenoxy) is 5. The molecule has 0 saturated carbocycles. The molecule has 1 aliphatic rings. The number of aliphatic hydroxyl groups is 1. The summed E-state index contributed by atoms with van der Waals surface area (Å²) in [5, 5.41) is 19.6. The largest absolute Gasteiger partial charge is 0.490 e. The van der Waals surface area contributed by atoms with Gasteiger partial charge in [0.2, 0.25) is 0 Å². The summed E-state index contributed by atoms with van der Waals surface area (Å²) in [5.74, 6) is 0.187. The maximum Gasteiger partial charge on any atom is 0.344 e. The molecule has 2 aromatic rings. The molecule has 41 heavy (non-hydrogen) atoms. The van der Waals surface area contributed by atoms with Crippen molar-refractivity contribution in [2.24, 2.45) is 5.10 Å². The number of amides is 2. The second kappa shape index (κ2) is 15.1. The Morgan fingerprint density at radius 2 is 1.83 bits per heavy atom. The van der Waals surface area contributed by atoms with E-state index in [1.54, 1.807) is 63.2 Å². The standard InChI is InChI=1S/C28H34N4O9/c1-5-38-22-13-19(26-25(27(35)37-4)17(3)30-28(36)31-26)9-12-21(22)41-15-23(33)32-29-14-18-7-10-20(11-8-18)40-16-24(34)39-6-2/h7-14,23,26,32-33H,5-6,15-16H2,1-4H3,(H2,30,31,36)/b29-14-/t23-,26+/m0/s1. The number of carbonyl (C=O) groups excluding carboxylic acids is 3. The van der Waals surface area contributed by atoms with E-state index in [0.717, 1.165) is 5.56 Å².